The summed E-state index contributed by atoms with van der Waals surface area (Å²) in [5.41, 5.74) is 6.02. The van der Waals surface area contributed by atoms with E-state index in [9.17, 15) is 4.79 Å². The van der Waals surface area contributed by atoms with Gasteiger partial charge in [-0.25, -0.2) is 0 Å². The minimum absolute atomic E-state index is 0.224. The Morgan fingerprint density at radius 2 is 1.87 bits per heavy atom. The Balaban J connectivity index is 1.71. The van der Waals surface area contributed by atoms with E-state index in [1.165, 1.54) is 32.1 Å². The lowest BCUT2D eigenvalue weighted by Gasteiger charge is -2.30. The van der Waals surface area contributed by atoms with Gasteiger partial charge < -0.3 is 11.1 Å². The summed E-state index contributed by atoms with van der Waals surface area (Å²) in [5, 5.41) is 3.09. The molecule has 3 nitrogen and oxygen atoms in total. The van der Waals surface area contributed by atoms with Crippen LogP contribution in [0.5, 0.6) is 0 Å². The maximum absolute atomic E-state index is 11.7. The Morgan fingerprint density at radius 1 is 1.13 bits per heavy atom. The molecule has 2 rings (SSSR count). The lowest BCUT2D eigenvalue weighted by Crippen LogP contribution is -2.42. The van der Waals surface area contributed by atoms with Crippen LogP contribution in [0.4, 0.5) is 0 Å². The van der Waals surface area contributed by atoms with Gasteiger partial charge in [0.1, 0.15) is 0 Å². The third-order valence-electron chi connectivity index (χ3n) is 3.89. The number of carbonyl (C=O) groups excluding carboxylic acids is 1. The van der Waals surface area contributed by atoms with Crippen molar-refractivity contribution < 1.29 is 4.79 Å². The van der Waals surface area contributed by atoms with E-state index >= 15 is 0 Å². The molecule has 2 fully saturated rings. The molecular formula is C12H22N2O. The van der Waals surface area contributed by atoms with Gasteiger partial charge in [0.15, 0.2) is 0 Å². The fourth-order valence-electron chi connectivity index (χ4n) is 2.57. The van der Waals surface area contributed by atoms with E-state index in [-0.39, 0.29) is 11.9 Å². The summed E-state index contributed by atoms with van der Waals surface area (Å²) in [6.07, 6.45) is 8.98. The molecule has 0 saturated heterocycles. The molecule has 2 aliphatic carbocycles. The monoisotopic (exact) mass is 210 g/mol. The summed E-state index contributed by atoms with van der Waals surface area (Å²) >= 11 is 0. The summed E-state index contributed by atoms with van der Waals surface area (Å²) in [6.45, 7) is 0. The second-order valence-electron chi connectivity index (χ2n) is 5.11. The number of nitrogens with two attached hydrogens (primary N) is 1. The maximum atomic E-state index is 11.7. The van der Waals surface area contributed by atoms with Gasteiger partial charge in [-0.15, -0.1) is 0 Å². The van der Waals surface area contributed by atoms with E-state index in [2.05, 4.69) is 5.32 Å². The number of amides is 1. The molecule has 15 heavy (non-hydrogen) atoms. The fourth-order valence-corrected chi connectivity index (χ4v) is 2.57. The first-order valence-electron chi connectivity index (χ1n) is 6.30. The van der Waals surface area contributed by atoms with Gasteiger partial charge in [-0.3, -0.25) is 4.79 Å². The average Bonchev–Trinajstić information content (AvgIpc) is 2.16. The van der Waals surface area contributed by atoms with Crippen LogP contribution in [0, 0.1) is 5.92 Å². The van der Waals surface area contributed by atoms with Crippen molar-refractivity contribution in [2.45, 2.75) is 63.5 Å². The largest absolute Gasteiger partial charge is 0.353 e. The molecule has 0 aromatic carbocycles. The third-order valence-corrected chi connectivity index (χ3v) is 3.89. The summed E-state index contributed by atoms with van der Waals surface area (Å²) in [5.74, 6) is 0.654. The minimum atomic E-state index is 0.224. The van der Waals surface area contributed by atoms with Crippen LogP contribution in [0.15, 0.2) is 0 Å². The Hall–Kier alpha value is -0.570. The van der Waals surface area contributed by atoms with Gasteiger partial charge in [0, 0.05) is 18.5 Å². The first kappa shape index (κ1) is 10.9. The Morgan fingerprint density at radius 3 is 2.47 bits per heavy atom. The van der Waals surface area contributed by atoms with Crippen LogP contribution in [0.3, 0.4) is 0 Å². The van der Waals surface area contributed by atoms with Crippen LogP contribution < -0.4 is 11.1 Å². The lowest BCUT2D eigenvalue weighted by molar-refractivity contribution is -0.123. The topological polar surface area (TPSA) is 55.1 Å². The van der Waals surface area contributed by atoms with Crippen LogP contribution in [0.2, 0.25) is 0 Å². The van der Waals surface area contributed by atoms with Crippen LogP contribution in [0.25, 0.3) is 0 Å². The van der Waals surface area contributed by atoms with E-state index in [0.717, 1.165) is 12.8 Å². The van der Waals surface area contributed by atoms with Crippen LogP contribution in [-0.4, -0.2) is 18.0 Å². The molecule has 2 unspecified atom stereocenters. The van der Waals surface area contributed by atoms with Gasteiger partial charge in [0.25, 0.3) is 0 Å². The van der Waals surface area contributed by atoms with Gasteiger partial charge in [-0.05, 0) is 38.0 Å². The predicted molar refractivity (Wildman–Crippen MR) is 60.3 cm³/mol. The standard InChI is InChI=1S/C12H22N2O/c13-11-7-2-1-4-9(11)8-12(15)14-10-5-3-6-10/h9-11H,1-8,13H2,(H,14,15). The van der Waals surface area contributed by atoms with Crippen LogP contribution >= 0.6 is 0 Å². The van der Waals surface area contributed by atoms with Gasteiger partial charge in [-0.1, -0.05) is 12.8 Å². The average molecular weight is 210 g/mol. The summed E-state index contributed by atoms with van der Waals surface area (Å²) in [7, 11) is 0. The zero-order chi connectivity index (χ0) is 10.7. The maximum Gasteiger partial charge on any atom is 0.220 e. The van der Waals surface area contributed by atoms with Gasteiger partial charge in [0.05, 0.1) is 0 Å². The third kappa shape index (κ3) is 2.94. The number of carbonyl (C=O) groups is 1. The number of rotatable bonds is 3. The number of hydrogen-bond acceptors (Lipinski definition) is 2. The molecule has 0 bridgehead atoms. The minimum Gasteiger partial charge on any atom is -0.353 e. The molecule has 86 valence electrons. The Labute approximate surface area is 91.8 Å². The van der Waals surface area contributed by atoms with E-state index < -0.39 is 0 Å². The molecular weight excluding hydrogens is 188 g/mol. The van der Waals surface area contributed by atoms with Crippen molar-refractivity contribution in [3.8, 4) is 0 Å². The quantitative estimate of drug-likeness (QED) is 0.742. The molecule has 3 N–H and O–H groups in total. The zero-order valence-electron chi connectivity index (χ0n) is 9.37. The van der Waals surface area contributed by atoms with Crippen molar-refractivity contribution in [1.29, 1.82) is 0 Å². The number of hydrogen-bond donors (Lipinski definition) is 2. The zero-order valence-corrected chi connectivity index (χ0v) is 9.37. The van der Waals surface area contributed by atoms with E-state index in [1.54, 1.807) is 0 Å². The Bertz CT molecular complexity index is 226. The van der Waals surface area contributed by atoms with Crippen molar-refractivity contribution in [3.05, 3.63) is 0 Å². The molecule has 2 aliphatic rings. The summed E-state index contributed by atoms with van der Waals surface area (Å²) in [6, 6.07) is 0.725. The fraction of sp³-hybridized carbons (Fsp3) is 0.917. The first-order chi connectivity index (χ1) is 7.25. The van der Waals surface area contributed by atoms with Crippen LogP contribution in [0.1, 0.15) is 51.4 Å². The highest BCUT2D eigenvalue weighted by Crippen LogP contribution is 2.26. The first-order valence-corrected chi connectivity index (χ1v) is 6.30. The van der Waals surface area contributed by atoms with Gasteiger partial charge >= 0.3 is 0 Å². The van der Waals surface area contributed by atoms with E-state index in [0.29, 0.717) is 18.4 Å². The predicted octanol–water partition coefficient (Wildman–Crippen LogP) is 1.56. The van der Waals surface area contributed by atoms with Crippen LogP contribution in [-0.2, 0) is 4.79 Å². The smallest absolute Gasteiger partial charge is 0.220 e. The molecule has 2 atom stereocenters. The Kier molecular flexibility index (Phi) is 3.62. The van der Waals surface area contributed by atoms with Gasteiger partial charge in [0.2, 0.25) is 5.91 Å². The molecule has 0 aromatic heterocycles. The molecule has 0 aromatic rings. The molecule has 2 saturated carbocycles. The SMILES string of the molecule is NC1CCCCC1CC(=O)NC1CCC1. The highest BCUT2D eigenvalue weighted by atomic mass is 16.1. The number of nitrogens with one attached hydrogen (secondary N) is 1. The van der Waals surface area contributed by atoms with Crippen molar-refractivity contribution in [1.82, 2.24) is 5.32 Å². The van der Waals surface area contributed by atoms with Crippen molar-refractivity contribution in [2.75, 3.05) is 0 Å². The highest BCUT2D eigenvalue weighted by molar-refractivity contribution is 5.76. The molecule has 3 heteroatoms. The van der Waals surface area contributed by atoms with E-state index in [1.807, 2.05) is 0 Å². The summed E-state index contributed by atoms with van der Waals surface area (Å²) < 4.78 is 0. The second-order valence-corrected chi connectivity index (χ2v) is 5.11. The molecule has 0 spiro atoms. The molecule has 0 aliphatic heterocycles. The van der Waals surface area contributed by atoms with Crippen molar-refractivity contribution in [2.24, 2.45) is 11.7 Å². The van der Waals surface area contributed by atoms with E-state index in [4.69, 9.17) is 5.73 Å². The van der Waals surface area contributed by atoms with Crippen molar-refractivity contribution in [3.63, 3.8) is 0 Å². The molecule has 0 heterocycles. The van der Waals surface area contributed by atoms with Crippen molar-refractivity contribution >= 4 is 5.91 Å². The molecule has 0 radical (unpaired) electrons. The van der Waals surface area contributed by atoms with Gasteiger partial charge in [-0.2, -0.15) is 0 Å². The lowest BCUT2D eigenvalue weighted by atomic mass is 9.82. The normalized spacial score (nSPS) is 32.1. The second kappa shape index (κ2) is 4.97. The summed E-state index contributed by atoms with van der Waals surface area (Å²) in [4.78, 5) is 11.7. The molecule has 1 amide bonds. The highest BCUT2D eigenvalue weighted by Gasteiger charge is 2.26.